The molecule has 0 saturated heterocycles. The van der Waals surface area contributed by atoms with E-state index in [0.29, 0.717) is 5.92 Å². The molecule has 1 aromatic carbocycles. The Morgan fingerprint density at radius 1 is 1.33 bits per heavy atom. The molecule has 0 saturated carbocycles. The van der Waals surface area contributed by atoms with Crippen LogP contribution in [0.25, 0.3) is 10.9 Å². The van der Waals surface area contributed by atoms with Gasteiger partial charge in [0.15, 0.2) is 0 Å². The summed E-state index contributed by atoms with van der Waals surface area (Å²) in [6.45, 7) is 8.83. The van der Waals surface area contributed by atoms with Crippen LogP contribution in [0.15, 0.2) is 12.1 Å². The van der Waals surface area contributed by atoms with Crippen LogP contribution in [0.5, 0.6) is 0 Å². The number of benzene rings is 1. The Labute approximate surface area is 90.7 Å². The van der Waals surface area contributed by atoms with Crippen molar-refractivity contribution >= 4 is 10.9 Å². The fourth-order valence-corrected chi connectivity index (χ4v) is 2.31. The first-order valence-electron chi connectivity index (χ1n) is 5.61. The summed E-state index contributed by atoms with van der Waals surface area (Å²) in [6.07, 6.45) is 0.989. The van der Waals surface area contributed by atoms with Gasteiger partial charge in [-0.05, 0) is 36.5 Å². The minimum Gasteiger partial charge on any atom is -0.278 e. The topological polar surface area (TPSA) is 28.7 Å². The lowest BCUT2D eigenvalue weighted by Gasteiger charge is -2.11. The van der Waals surface area contributed by atoms with E-state index in [1.54, 1.807) is 0 Å². The molecule has 80 valence electrons. The first kappa shape index (κ1) is 10.2. The quantitative estimate of drug-likeness (QED) is 0.792. The van der Waals surface area contributed by atoms with Crippen molar-refractivity contribution in [3.05, 3.63) is 29.0 Å². The minimum absolute atomic E-state index is 0.552. The number of aromatic amines is 1. The van der Waals surface area contributed by atoms with Crippen molar-refractivity contribution in [2.24, 2.45) is 0 Å². The number of aromatic nitrogens is 2. The highest BCUT2D eigenvalue weighted by molar-refractivity contribution is 5.86. The van der Waals surface area contributed by atoms with Crippen molar-refractivity contribution in [3.63, 3.8) is 0 Å². The SMILES string of the molecule is CCc1n[nH]c2ccc(C)c(C(C)C)c12. The third kappa shape index (κ3) is 1.54. The Morgan fingerprint density at radius 3 is 2.67 bits per heavy atom. The Hall–Kier alpha value is -1.31. The second kappa shape index (κ2) is 3.69. The van der Waals surface area contributed by atoms with Crippen LogP contribution in [0, 0.1) is 6.92 Å². The third-order valence-corrected chi connectivity index (χ3v) is 2.98. The fourth-order valence-electron chi connectivity index (χ4n) is 2.31. The molecule has 0 aliphatic rings. The molecule has 0 atom stereocenters. The summed E-state index contributed by atoms with van der Waals surface area (Å²) in [5.41, 5.74) is 5.17. The third-order valence-electron chi connectivity index (χ3n) is 2.98. The molecular formula is C13H18N2. The Kier molecular flexibility index (Phi) is 2.51. The standard InChI is InChI=1S/C13H18N2/c1-5-10-13-11(15-14-10)7-6-9(4)12(13)8(2)3/h6-8H,5H2,1-4H3,(H,14,15). The second-order valence-electron chi connectivity index (χ2n) is 4.40. The molecule has 0 radical (unpaired) electrons. The van der Waals surface area contributed by atoms with Crippen LogP contribution in [-0.4, -0.2) is 10.2 Å². The van der Waals surface area contributed by atoms with Gasteiger partial charge in [-0.1, -0.05) is 26.8 Å². The summed E-state index contributed by atoms with van der Waals surface area (Å²) >= 11 is 0. The zero-order valence-corrected chi connectivity index (χ0v) is 9.89. The van der Waals surface area contributed by atoms with Gasteiger partial charge in [-0.3, -0.25) is 5.10 Å². The van der Waals surface area contributed by atoms with E-state index in [9.17, 15) is 0 Å². The highest BCUT2D eigenvalue weighted by Gasteiger charge is 2.13. The number of fused-ring (bicyclic) bond motifs is 1. The van der Waals surface area contributed by atoms with Crippen LogP contribution in [-0.2, 0) is 6.42 Å². The number of nitrogens with zero attached hydrogens (tertiary/aromatic N) is 1. The van der Waals surface area contributed by atoms with E-state index >= 15 is 0 Å². The Balaban J connectivity index is 2.83. The molecule has 0 bridgehead atoms. The van der Waals surface area contributed by atoms with Crippen molar-refractivity contribution in [2.45, 2.75) is 40.0 Å². The molecule has 0 fully saturated rings. The number of rotatable bonds is 2. The van der Waals surface area contributed by atoms with E-state index in [4.69, 9.17) is 0 Å². The van der Waals surface area contributed by atoms with Gasteiger partial charge in [0.25, 0.3) is 0 Å². The van der Waals surface area contributed by atoms with Crippen molar-refractivity contribution in [3.8, 4) is 0 Å². The summed E-state index contributed by atoms with van der Waals surface area (Å²) in [4.78, 5) is 0. The molecule has 0 spiro atoms. The summed E-state index contributed by atoms with van der Waals surface area (Å²) < 4.78 is 0. The average molecular weight is 202 g/mol. The molecule has 1 N–H and O–H groups in total. The molecule has 2 heteroatoms. The maximum atomic E-state index is 4.37. The molecule has 0 amide bonds. The van der Waals surface area contributed by atoms with Crippen molar-refractivity contribution in [1.29, 1.82) is 0 Å². The lowest BCUT2D eigenvalue weighted by Crippen LogP contribution is -1.94. The maximum absolute atomic E-state index is 4.37. The number of nitrogens with one attached hydrogen (secondary N) is 1. The summed E-state index contributed by atoms with van der Waals surface area (Å²) in [7, 11) is 0. The lowest BCUT2D eigenvalue weighted by molar-refractivity contribution is 0.864. The highest BCUT2D eigenvalue weighted by Crippen LogP contribution is 2.30. The number of hydrogen-bond acceptors (Lipinski definition) is 1. The molecule has 15 heavy (non-hydrogen) atoms. The predicted octanol–water partition coefficient (Wildman–Crippen LogP) is 3.56. The minimum atomic E-state index is 0.552. The van der Waals surface area contributed by atoms with E-state index in [1.165, 1.54) is 27.7 Å². The highest BCUT2D eigenvalue weighted by atomic mass is 15.1. The Morgan fingerprint density at radius 2 is 2.07 bits per heavy atom. The van der Waals surface area contributed by atoms with Gasteiger partial charge in [-0.2, -0.15) is 5.10 Å². The van der Waals surface area contributed by atoms with Crippen LogP contribution in [0.4, 0.5) is 0 Å². The zero-order chi connectivity index (χ0) is 11.0. The van der Waals surface area contributed by atoms with E-state index in [-0.39, 0.29) is 0 Å². The van der Waals surface area contributed by atoms with Gasteiger partial charge in [0.05, 0.1) is 11.2 Å². The summed E-state index contributed by atoms with van der Waals surface area (Å²) in [5.74, 6) is 0.552. The number of hydrogen-bond donors (Lipinski definition) is 1. The summed E-state index contributed by atoms with van der Waals surface area (Å²) in [5, 5.41) is 8.82. The molecular weight excluding hydrogens is 184 g/mol. The van der Waals surface area contributed by atoms with Gasteiger partial charge in [-0.15, -0.1) is 0 Å². The molecule has 2 aromatic rings. The van der Waals surface area contributed by atoms with Crippen LogP contribution in [0.2, 0.25) is 0 Å². The molecule has 2 nitrogen and oxygen atoms in total. The molecule has 0 unspecified atom stereocenters. The van der Waals surface area contributed by atoms with Crippen LogP contribution >= 0.6 is 0 Å². The monoisotopic (exact) mass is 202 g/mol. The van der Waals surface area contributed by atoms with Crippen molar-refractivity contribution < 1.29 is 0 Å². The van der Waals surface area contributed by atoms with Gasteiger partial charge in [0.1, 0.15) is 0 Å². The normalized spacial score (nSPS) is 11.5. The molecule has 1 heterocycles. The average Bonchev–Trinajstić information content (AvgIpc) is 2.59. The van der Waals surface area contributed by atoms with Crippen LogP contribution < -0.4 is 0 Å². The fraction of sp³-hybridized carbons (Fsp3) is 0.462. The molecule has 0 aliphatic carbocycles. The van der Waals surface area contributed by atoms with Crippen molar-refractivity contribution in [1.82, 2.24) is 10.2 Å². The van der Waals surface area contributed by atoms with E-state index in [2.05, 4.69) is 50.0 Å². The maximum Gasteiger partial charge on any atom is 0.0701 e. The smallest absolute Gasteiger partial charge is 0.0701 e. The van der Waals surface area contributed by atoms with Gasteiger partial charge < -0.3 is 0 Å². The zero-order valence-electron chi connectivity index (χ0n) is 9.89. The van der Waals surface area contributed by atoms with Gasteiger partial charge >= 0.3 is 0 Å². The molecule has 2 rings (SSSR count). The first-order valence-corrected chi connectivity index (χ1v) is 5.61. The van der Waals surface area contributed by atoms with E-state index in [0.717, 1.165) is 6.42 Å². The largest absolute Gasteiger partial charge is 0.278 e. The summed E-state index contributed by atoms with van der Waals surface area (Å²) in [6, 6.07) is 4.30. The van der Waals surface area contributed by atoms with Gasteiger partial charge in [0, 0.05) is 5.39 Å². The number of H-pyrrole nitrogens is 1. The van der Waals surface area contributed by atoms with E-state index in [1.807, 2.05) is 0 Å². The van der Waals surface area contributed by atoms with Gasteiger partial charge in [0.2, 0.25) is 0 Å². The van der Waals surface area contributed by atoms with Crippen molar-refractivity contribution in [2.75, 3.05) is 0 Å². The Bertz CT molecular complexity index is 480. The first-order chi connectivity index (χ1) is 7.15. The molecule has 1 aromatic heterocycles. The number of aryl methyl sites for hydroxylation is 2. The van der Waals surface area contributed by atoms with Crippen LogP contribution in [0.1, 0.15) is 43.5 Å². The van der Waals surface area contributed by atoms with Crippen LogP contribution in [0.3, 0.4) is 0 Å². The molecule has 0 aliphatic heterocycles. The van der Waals surface area contributed by atoms with Gasteiger partial charge in [-0.25, -0.2) is 0 Å². The predicted molar refractivity (Wildman–Crippen MR) is 64.3 cm³/mol. The second-order valence-corrected chi connectivity index (χ2v) is 4.40. The lowest BCUT2D eigenvalue weighted by atomic mass is 9.93. The van der Waals surface area contributed by atoms with E-state index < -0.39 is 0 Å².